The maximum absolute atomic E-state index is 5.71. The van der Waals surface area contributed by atoms with Gasteiger partial charge >= 0.3 is 0 Å². The first-order valence-electron chi connectivity index (χ1n) is 5.90. The van der Waals surface area contributed by atoms with Crippen LogP contribution in [0.15, 0.2) is 16.7 Å². The Morgan fingerprint density at radius 1 is 1.47 bits per heavy atom. The summed E-state index contributed by atoms with van der Waals surface area (Å²) in [5.41, 5.74) is 6.40. The van der Waals surface area contributed by atoms with Gasteiger partial charge in [0.05, 0.1) is 16.4 Å². The number of piperidine rings is 1. The quantitative estimate of drug-likeness (QED) is 0.907. The van der Waals surface area contributed by atoms with Crippen molar-refractivity contribution in [1.29, 1.82) is 0 Å². The van der Waals surface area contributed by atoms with Crippen molar-refractivity contribution in [1.82, 2.24) is 9.88 Å². The lowest BCUT2D eigenvalue weighted by atomic mass is 10.0. The predicted octanol–water partition coefficient (Wildman–Crippen LogP) is 1.96. The molecule has 1 aliphatic heterocycles. The molecule has 0 bridgehead atoms. The maximum Gasteiger partial charge on any atom is 0.143 e. The van der Waals surface area contributed by atoms with Crippen LogP contribution in [0, 0.1) is 0 Å². The lowest BCUT2D eigenvalue weighted by molar-refractivity contribution is 0.252. The van der Waals surface area contributed by atoms with Gasteiger partial charge in [-0.05, 0) is 55.0 Å². The standard InChI is InChI=1S/C12H19BrN4/c1-16-5-3-10(4-6-16)17(2)12-11(13)7-9(14)8-15-12/h7-8,10H,3-6,14H2,1-2H3. The number of halogens is 1. The van der Waals surface area contributed by atoms with E-state index in [2.05, 4.69) is 44.8 Å². The van der Waals surface area contributed by atoms with Gasteiger partial charge in [-0.25, -0.2) is 4.98 Å². The van der Waals surface area contributed by atoms with Crippen molar-refractivity contribution in [2.45, 2.75) is 18.9 Å². The van der Waals surface area contributed by atoms with Gasteiger partial charge in [0.25, 0.3) is 0 Å². The summed E-state index contributed by atoms with van der Waals surface area (Å²) >= 11 is 3.53. The smallest absolute Gasteiger partial charge is 0.143 e. The third kappa shape index (κ3) is 2.90. The second-order valence-electron chi connectivity index (χ2n) is 4.72. The Morgan fingerprint density at radius 2 is 2.12 bits per heavy atom. The molecule has 1 aromatic rings. The van der Waals surface area contributed by atoms with E-state index in [1.54, 1.807) is 6.20 Å². The Hall–Kier alpha value is -0.810. The highest BCUT2D eigenvalue weighted by molar-refractivity contribution is 9.10. The molecule has 2 heterocycles. The summed E-state index contributed by atoms with van der Waals surface area (Å²) in [5, 5.41) is 0. The molecule has 17 heavy (non-hydrogen) atoms. The zero-order valence-electron chi connectivity index (χ0n) is 10.4. The van der Waals surface area contributed by atoms with E-state index in [-0.39, 0.29) is 0 Å². The number of nitrogen functional groups attached to an aromatic ring is 1. The SMILES string of the molecule is CN1CCC(N(C)c2ncc(N)cc2Br)CC1. The summed E-state index contributed by atoms with van der Waals surface area (Å²) in [6.07, 6.45) is 4.09. The Bertz CT molecular complexity index is 388. The highest BCUT2D eigenvalue weighted by Crippen LogP contribution is 2.28. The van der Waals surface area contributed by atoms with Gasteiger partial charge in [0.15, 0.2) is 0 Å². The number of hydrogen-bond acceptors (Lipinski definition) is 4. The number of aromatic nitrogens is 1. The highest BCUT2D eigenvalue weighted by atomic mass is 79.9. The van der Waals surface area contributed by atoms with Crippen molar-refractivity contribution in [2.24, 2.45) is 0 Å². The molecule has 0 atom stereocenters. The minimum atomic E-state index is 0.568. The fourth-order valence-corrected chi connectivity index (χ4v) is 2.91. The average molecular weight is 299 g/mol. The first kappa shape index (κ1) is 12.6. The van der Waals surface area contributed by atoms with E-state index in [0.717, 1.165) is 23.4 Å². The molecule has 0 amide bonds. The number of nitrogens with zero attached hydrogens (tertiary/aromatic N) is 3. The molecular weight excluding hydrogens is 280 g/mol. The summed E-state index contributed by atoms with van der Waals surface area (Å²) in [7, 11) is 4.28. The molecule has 0 radical (unpaired) electrons. The molecule has 1 fully saturated rings. The van der Waals surface area contributed by atoms with Crippen LogP contribution in [0.1, 0.15) is 12.8 Å². The lowest BCUT2D eigenvalue weighted by Gasteiger charge is -2.36. The summed E-state index contributed by atoms with van der Waals surface area (Å²) in [4.78, 5) is 9.04. The minimum absolute atomic E-state index is 0.568. The van der Waals surface area contributed by atoms with Crippen molar-refractivity contribution in [2.75, 3.05) is 37.8 Å². The Balaban J connectivity index is 2.11. The fraction of sp³-hybridized carbons (Fsp3) is 0.583. The summed E-state index contributed by atoms with van der Waals surface area (Å²) < 4.78 is 0.971. The third-order valence-corrected chi connectivity index (χ3v) is 4.00. The molecule has 0 saturated carbocycles. The second kappa shape index (κ2) is 5.23. The van der Waals surface area contributed by atoms with Gasteiger partial charge < -0.3 is 15.5 Å². The van der Waals surface area contributed by atoms with Gasteiger partial charge in [-0.1, -0.05) is 0 Å². The van der Waals surface area contributed by atoms with E-state index in [9.17, 15) is 0 Å². The minimum Gasteiger partial charge on any atom is -0.397 e. The highest BCUT2D eigenvalue weighted by Gasteiger charge is 2.22. The van der Waals surface area contributed by atoms with E-state index in [4.69, 9.17) is 5.73 Å². The van der Waals surface area contributed by atoms with Crippen LogP contribution in [0.5, 0.6) is 0 Å². The zero-order valence-corrected chi connectivity index (χ0v) is 11.9. The Labute approximate surface area is 111 Å². The van der Waals surface area contributed by atoms with Gasteiger partial charge in [-0.3, -0.25) is 0 Å². The predicted molar refractivity (Wildman–Crippen MR) is 75.3 cm³/mol. The van der Waals surface area contributed by atoms with Gasteiger partial charge in [-0.2, -0.15) is 0 Å². The lowest BCUT2D eigenvalue weighted by Crippen LogP contribution is -2.42. The summed E-state index contributed by atoms with van der Waals surface area (Å²) in [6.45, 7) is 2.31. The first-order valence-corrected chi connectivity index (χ1v) is 6.69. The van der Waals surface area contributed by atoms with Gasteiger partial charge in [0.2, 0.25) is 0 Å². The molecule has 0 unspecified atom stereocenters. The maximum atomic E-state index is 5.71. The van der Waals surface area contributed by atoms with Crippen molar-refractivity contribution in [3.05, 3.63) is 16.7 Å². The zero-order chi connectivity index (χ0) is 12.4. The number of anilines is 2. The topological polar surface area (TPSA) is 45.4 Å². The molecule has 1 aliphatic rings. The molecule has 5 heteroatoms. The van der Waals surface area contributed by atoms with Crippen LogP contribution in [0.25, 0.3) is 0 Å². The average Bonchev–Trinajstić information content (AvgIpc) is 2.29. The van der Waals surface area contributed by atoms with E-state index in [1.807, 2.05) is 6.07 Å². The molecule has 2 rings (SSSR count). The largest absolute Gasteiger partial charge is 0.397 e. The number of likely N-dealkylation sites (tertiary alicyclic amines) is 1. The molecule has 4 nitrogen and oxygen atoms in total. The molecule has 2 N–H and O–H groups in total. The normalized spacial score (nSPS) is 18.3. The van der Waals surface area contributed by atoms with Gasteiger partial charge in [0, 0.05) is 13.1 Å². The third-order valence-electron chi connectivity index (χ3n) is 3.41. The number of pyridine rings is 1. The van der Waals surface area contributed by atoms with E-state index >= 15 is 0 Å². The molecule has 1 aromatic heterocycles. The van der Waals surface area contributed by atoms with Crippen LogP contribution >= 0.6 is 15.9 Å². The fourth-order valence-electron chi connectivity index (χ4n) is 2.26. The molecule has 0 aromatic carbocycles. The molecular formula is C12H19BrN4. The van der Waals surface area contributed by atoms with Crippen molar-refractivity contribution < 1.29 is 0 Å². The van der Waals surface area contributed by atoms with Crippen LogP contribution < -0.4 is 10.6 Å². The van der Waals surface area contributed by atoms with Crippen LogP contribution in [0.3, 0.4) is 0 Å². The summed E-state index contributed by atoms with van der Waals surface area (Å²) in [6, 6.07) is 2.48. The summed E-state index contributed by atoms with van der Waals surface area (Å²) in [5.74, 6) is 0.980. The number of nitrogens with two attached hydrogens (primary N) is 1. The number of rotatable bonds is 2. The van der Waals surface area contributed by atoms with Crippen LogP contribution in [-0.4, -0.2) is 43.1 Å². The van der Waals surface area contributed by atoms with Crippen molar-refractivity contribution in [3.8, 4) is 0 Å². The molecule has 0 spiro atoms. The van der Waals surface area contributed by atoms with Crippen molar-refractivity contribution >= 4 is 27.4 Å². The van der Waals surface area contributed by atoms with E-state index < -0.39 is 0 Å². The first-order chi connectivity index (χ1) is 8.08. The Kier molecular flexibility index (Phi) is 3.89. The Morgan fingerprint density at radius 3 is 2.71 bits per heavy atom. The van der Waals surface area contributed by atoms with Crippen LogP contribution in [0.4, 0.5) is 11.5 Å². The van der Waals surface area contributed by atoms with Crippen LogP contribution in [0.2, 0.25) is 0 Å². The monoisotopic (exact) mass is 298 g/mol. The number of hydrogen-bond donors (Lipinski definition) is 1. The molecule has 1 saturated heterocycles. The van der Waals surface area contributed by atoms with Gasteiger partial charge in [-0.15, -0.1) is 0 Å². The van der Waals surface area contributed by atoms with Crippen LogP contribution in [-0.2, 0) is 0 Å². The van der Waals surface area contributed by atoms with E-state index in [1.165, 1.54) is 12.8 Å². The molecule has 0 aliphatic carbocycles. The van der Waals surface area contributed by atoms with E-state index in [0.29, 0.717) is 11.7 Å². The van der Waals surface area contributed by atoms with Crippen molar-refractivity contribution in [3.63, 3.8) is 0 Å². The van der Waals surface area contributed by atoms with Gasteiger partial charge in [0.1, 0.15) is 5.82 Å². The second-order valence-corrected chi connectivity index (χ2v) is 5.57. The molecule has 94 valence electrons.